The molecule has 2 atom stereocenters. The molecule has 1 rings (SSSR count). The number of nitrogens with two attached hydrogens (primary N) is 1. The predicted molar refractivity (Wildman–Crippen MR) is 63.9 cm³/mol. The second-order valence-corrected chi connectivity index (χ2v) is 4.70. The summed E-state index contributed by atoms with van der Waals surface area (Å²) in [6, 6.07) is 0.207. The van der Waals surface area contributed by atoms with Gasteiger partial charge in [-0.1, -0.05) is 6.42 Å². The van der Waals surface area contributed by atoms with Crippen LogP contribution in [0, 0.1) is 5.92 Å². The van der Waals surface area contributed by atoms with Crippen LogP contribution in [0.25, 0.3) is 0 Å². The Balaban J connectivity index is 2.09. The monoisotopic (exact) mass is 228 g/mol. The van der Waals surface area contributed by atoms with Crippen LogP contribution in [0.5, 0.6) is 0 Å². The van der Waals surface area contributed by atoms with E-state index in [9.17, 15) is 4.79 Å². The van der Waals surface area contributed by atoms with Crippen molar-refractivity contribution in [3.05, 3.63) is 0 Å². The second-order valence-electron chi connectivity index (χ2n) is 4.70. The van der Waals surface area contributed by atoms with Gasteiger partial charge in [0.1, 0.15) is 0 Å². The molecule has 94 valence electrons. The number of amides is 1. The first-order valence-electron chi connectivity index (χ1n) is 6.38. The zero-order chi connectivity index (χ0) is 11.8. The number of aliphatic hydroxyl groups excluding tert-OH is 1. The first kappa shape index (κ1) is 13.5. The summed E-state index contributed by atoms with van der Waals surface area (Å²) in [6.07, 6.45) is 6.69. The molecule has 4 N–H and O–H groups in total. The van der Waals surface area contributed by atoms with Crippen molar-refractivity contribution in [2.24, 2.45) is 11.7 Å². The molecule has 2 unspecified atom stereocenters. The number of carbonyl (C=O) groups excluding carboxylic acids is 1. The van der Waals surface area contributed by atoms with Gasteiger partial charge in [-0.2, -0.15) is 0 Å². The zero-order valence-electron chi connectivity index (χ0n) is 9.95. The second kappa shape index (κ2) is 7.63. The van der Waals surface area contributed by atoms with Crippen molar-refractivity contribution in [1.82, 2.24) is 5.32 Å². The summed E-state index contributed by atoms with van der Waals surface area (Å²) in [5.41, 5.74) is 5.85. The molecule has 1 aliphatic carbocycles. The van der Waals surface area contributed by atoms with E-state index < -0.39 is 0 Å². The smallest absolute Gasteiger partial charge is 0.223 e. The van der Waals surface area contributed by atoms with Gasteiger partial charge in [0.2, 0.25) is 5.91 Å². The van der Waals surface area contributed by atoms with Crippen molar-refractivity contribution < 1.29 is 9.90 Å². The normalized spacial score (nSPS) is 25.4. The third kappa shape index (κ3) is 4.94. The van der Waals surface area contributed by atoms with E-state index in [1.165, 1.54) is 0 Å². The van der Waals surface area contributed by atoms with Gasteiger partial charge in [-0.15, -0.1) is 0 Å². The van der Waals surface area contributed by atoms with E-state index in [1.807, 2.05) is 0 Å². The van der Waals surface area contributed by atoms with E-state index in [2.05, 4.69) is 5.32 Å². The van der Waals surface area contributed by atoms with Crippen LogP contribution in [0.2, 0.25) is 0 Å². The summed E-state index contributed by atoms with van der Waals surface area (Å²) in [6.45, 7) is 0.968. The maximum absolute atomic E-state index is 11.8. The van der Waals surface area contributed by atoms with Crippen molar-refractivity contribution in [1.29, 1.82) is 0 Å². The minimum absolute atomic E-state index is 0.126. The quantitative estimate of drug-likeness (QED) is 0.588. The summed E-state index contributed by atoms with van der Waals surface area (Å²) >= 11 is 0. The molecule has 4 heteroatoms. The SMILES string of the molecule is NC1CCCC(C(=O)NCCCCCO)C1. The average Bonchev–Trinajstić information content (AvgIpc) is 2.28. The maximum Gasteiger partial charge on any atom is 0.223 e. The lowest BCUT2D eigenvalue weighted by Crippen LogP contribution is -2.38. The van der Waals surface area contributed by atoms with E-state index in [4.69, 9.17) is 10.8 Å². The van der Waals surface area contributed by atoms with E-state index in [-0.39, 0.29) is 24.5 Å². The molecule has 1 amide bonds. The number of carbonyl (C=O) groups is 1. The highest BCUT2D eigenvalue weighted by Crippen LogP contribution is 2.22. The predicted octanol–water partition coefficient (Wildman–Crippen LogP) is 0.783. The Morgan fingerprint density at radius 3 is 2.81 bits per heavy atom. The lowest BCUT2D eigenvalue weighted by atomic mass is 9.85. The summed E-state index contributed by atoms with van der Waals surface area (Å²) in [5, 5.41) is 11.6. The van der Waals surface area contributed by atoms with Crippen molar-refractivity contribution in [3.63, 3.8) is 0 Å². The highest BCUT2D eigenvalue weighted by Gasteiger charge is 2.24. The molecule has 0 aromatic rings. The number of hydrogen-bond donors (Lipinski definition) is 3. The Morgan fingerprint density at radius 2 is 2.12 bits per heavy atom. The van der Waals surface area contributed by atoms with Gasteiger partial charge in [0.15, 0.2) is 0 Å². The standard InChI is InChI=1S/C12H24N2O2/c13-11-6-4-5-10(9-11)12(16)14-7-2-1-3-8-15/h10-11,15H,1-9,13H2,(H,14,16). The topological polar surface area (TPSA) is 75.4 Å². The Labute approximate surface area is 97.6 Å². The molecule has 4 nitrogen and oxygen atoms in total. The Morgan fingerprint density at radius 1 is 1.31 bits per heavy atom. The van der Waals surface area contributed by atoms with Gasteiger partial charge in [-0.3, -0.25) is 4.79 Å². The first-order chi connectivity index (χ1) is 7.74. The fourth-order valence-electron chi connectivity index (χ4n) is 2.24. The molecule has 16 heavy (non-hydrogen) atoms. The van der Waals surface area contributed by atoms with E-state index >= 15 is 0 Å². The molecular weight excluding hydrogens is 204 g/mol. The lowest BCUT2D eigenvalue weighted by Gasteiger charge is -2.25. The van der Waals surface area contributed by atoms with Crippen LogP contribution in [-0.4, -0.2) is 30.2 Å². The molecule has 0 aromatic carbocycles. The first-order valence-corrected chi connectivity index (χ1v) is 6.38. The molecule has 0 aliphatic heterocycles. The molecule has 0 heterocycles. The fraction of sp³-hybridized carbons (Fsp3) is 0.917. The summed E-state index contributed by atoms with van der Waals surface area (Å²) in [4.78, 5) is 11.8. The van der Waals surface area contributed by atoms with E-state index in [0.29, 0.717) is 0 Å². The minimum atomic E-state index is 0.126. The molecule has 1 aliphatic rings. The summed E-state index contributed by atoms with van der Waals surface area (Å²) < 4.78 is 0. The van der Waals surface area contributed by atoms with Gasteiger partial charge in [-0.25, -0.2) is 0 Å². The van der Waals surface area contributed by atoms with Gasteiger partial charge in [0.25, 0.3) is 0 Å². The Hall–Kier alpha value is -0.610. The highest BCUT2D eigenvalue weighted by atomic mass is 16.2. The number of hydrogen-bond acceptors (Lipinski definition) is 3. The maximum atomic E-state index is 11.8. The molecule has 0 spiro atoms. The van der Waals surface area contributed by atoms with Gasteiger partial charge in [-0.05, 0) is 38.5 Å². The molecular formula is C12H24N2O2. The molecule has 1 fully saturated rings. The van der Waals surface area contributed by atoms with Crippen LogP contribution in [0.15, 0.2) is 0 Å². The van der Waals surface area contributed by atoms with Crippen LogP contribution in [0.4, 0.5) is 0 Å². The zero-order valence-corrected chi connectivity index (χ0v) is 9.95. The molecule has 0 bridgehead atoms. The lowest BCUT2D eigenvalue weighted by molar-refractivity contribution is -0.126. The number of nitrogens with one attached hydrogen (secondary N) is 1. The largest absolute Gasteiger partial charge is 0.396 e. The van der Waals surface area contributed by atoms with Crippen molar-refractivity contribution in [2.75, 3.05) is 13.2 Å². The molecule has 1 saturated carbocycles. The third-order valence-corrected chi connectivity index (χ3v) is 3.22. The summed E-state index contributed by atoms with van der Waals surface area (Å²) in [7, 11) is 0. The van der Waals surface area contributed by atoms with Crippen molar-refractivity contribution >= 4 is 5.91 Å². The van der Waals surface area contributed by atoms with Crippen LogP contribution in [0.3, 0.4) is 0 Å². The van der Waals surface area contributed by atoms with Gasteiger partial charge < -0.3 is 16.2 Å². The van der Waals surface area contributed by atoms with Crippen molar-refractivity contribution in [3.8, 4) is 0 Å². The summed E-state index contributed by atoms with van der Waals surface area (Å²) in [5.74, 6) is 0.292. The van der Waals surface area contributed by atoms with Crippen LogP contribution in [0.1, 0.15) is 44.9 Å². The van der Waals surface area contributed by atoms with Gasteiger partial charge in [0, 0.05) is 25.1 Å². The average molecular weight is 228 g/mol. The Bertz CT molecular complexity index is 209. The highest BCUT2D eigenvalue weighted by molar-refractivity contribution is 5.78. The molecule has 0 aromatic heterocycles. The number of unbranched alkanes of at least 4 members (excludes halogenated alkanes) is 2. The Kier molecular flexibility index (Phi) is 6.42. The van der Waals surface area contributed by atoms with Crippen LogP contribution < -0.4 is 11.1 Å². The molecule has 0 radical (unpaired) electrons. The third-order valence-electron chi connectivity index (χ3n) is 3.22. The molecule has 0 saturated heterocycles. The fourth-order valence-corrected chi connectivity index (χ4v) is 2.24. The number of aliphatic hydroxyl groups is 1. The van der Waals surface area contributed by atoms with Crippen LogP contribution in [-0.2, 0) is 4.79 Å². The minimum Gasteiger partial charge on any atom is -0.396 e. The van der Waals surface area contributed by atoms with E-state index in [0.717, 1.165) is 51.5 Å². The number of rotatable bonds is 6. The van der Waals surface area contributed by atoms with Crippen molar-refractivity contribution in [2.45, 2.75) is 51.0 Å². The van der Waals surface area contributed by atoms with Gasteiger partial charge in [0.05, 0.1) is 0 Å². The van der Waals surface area contributed by atoms with Gasteiger partial charge >= 0.3 is 0 Å². The van der Waals surface area contributed by atoms with E-state index in [1.54, 1.807) is 0 Å². The van der Waals surface area contributed by atoms with Crippen LogP contribution >= 0.6 is 0 Å².